The smallest absolute Gasteiger partial charge is 0.247 e. The van der Waals surface area contributed by atoms with E-state index in [-0.39, 0.29) is 68.9 Å². The number of para-hydroxylation sites is 2. The van der Waals surface area contributed by atoms with Gasteiger partial charge in [0.25, 0.3) is 0 Å². The van der Waals surface area contributed by atoms with Crippen LogP contribution in [0.15, 0.2) is 252 Å². The van der Waals surface area contributed by atoms with Gasteiger partial charge >= 0.3 is 0 Å². The molecule has 83 heavy (non-hydrogen) atoms. The number of anilines is 3. The molecule has 2 nitrogen and oxygen atoms in total. The first-order valence-corrected chi connectivity index (χ1v) is 29.8. The van der Waals surface area contributed by atoms with Crippen LogP contribution in [0.3, 0.4) is 0 Å². The molecule has 1 aromatic heterocycles. The Morgan fingerprint density at radius 2 is 0.928 bits per heavy atom. The van der Waals surface area contributed by atoms with E-state index in [4.69, 9.17) is 5.48 Å². The van der Waals surface area contributed by atoms with Crippen LogP contribution in [-0.4, -0.2) is 11.3 Å². The van der Waals surface area contributed by atoms with Crippen LogP contribution in [0.2, 0.25) is 0 Å². The zero-order valence-electron chi connectivity index (χ0n) is 56.4. The Labute approximate surface area is 505 Å². The third-order valence-corrected chi connectivity index (χ3v) is 19.0. The van der Waals surface area contributed by atoms with Gasteiger partial charge in [0.05, 0.1) is 33.1 Å². The van der Waals surface area contributed by atoms with Crippen molar-refractivity contribution in [1.82, 2.24) is 4.57 Å². The topological polar surface area (TPSA) is 8.17 Å². The molecule has 0 saturated heterocycles. The summed E-state index contributed by atoms with van der Waals surface area (Å²) in [7, 11) is 0. The van der Waals surface area contributed by atoms with Crippen LogP contribution in [0.5, 0.6) is 0 Å². The van der Waals surface area contributed by atoms with Gasteiger partial charge in [-0.3, -0.25) is 0 Å². The number of hydrogen-bond donors (Lipinski definition) is 0. The molecule has 0 N–H and O–H groups in total. The quantitative estimate of drug-likeness (QED) is 0.159. The summed E-state index contributed by atoms with van der Waals surface area (Å²) in [6.45, 7) is 19.9. The Balaban J connectivity index is 1.15. The van der Waals surface area contributed by atoms with Crippen LogP contribution in [0, 0.1) is 0 Å². The minimum absolute atomic E-state index is 0.0328. The van der Waals surface area contributed by atoms with E-state index in [1.165, 1.54) is 43.2 Å². The van der Waals surface area contributed by atoms with Gasteiger partial charge in [-0.25, -0.2) is 0 Å². The van der Waals surface area contributed by atoms with Gasteiger partial charge in [0.15, 0.2) is 0 Å². The summed E-state index contributed by atoms with van der Waals surface area (Å²) in [6.07, 6.45) is 0. The molecule has 0 atom stereocenters. The number of aromatic nitrogens is 1. The van der Waals surface area contributed by atoms with Crippen LogP contribution in [0.4, 0.5) is 17.1 Å². The van der Waals surface area contributed by atoms with E-state index < -0.39 is 29.6 Å². The summed E-state index contributed by atoms with van der Waals surface area (Å²) >= 11 is 1.82. The third kappa shape index (κ3) is 8.00. The third-order valence-electron chi connectivity index (χ3n) is 17.8. The molecule has 15 rings (SSSR count). The normalized spacial score (nSPS) is 15.4. The zero-order valence-corrected chi connectivity index (χ0v) is 49.2. The molecule has 4 heteroatoms. The Hall–Kier alpha value is -8.57. The average molecular weight is 1100 g/mol. The predicted octanol–water partition coefficient (Wildman–Crippen LogP) is 19.1. The SMILES string of the molecule is [2H]c1c([2H])c([2H])c2c(c1[2H])c1c([2H])c([2H])c([2H])c([2H])c1n2-c1ccc2c(c1)N(c1ccc(C(C)(C)C)cc1-c1ccccc1)c1cc(-c3cccc(C(C)(C)C)c3)cc3c1B2c1ccc(-c2cccc(C(C)(C)C)c2)cc1C31c2ccccc2Sc2ccccc21. The summed E-state index contributed by atoms with van der Waals surface area (Å²) < 4.78 is 75.9. The van der Waals surface area contributed by atoms with E-state index >= 15 is 0 Å². The fourth-order valence-corrected chi connectivity index (χ4v) is 14.9. The fourth-order valence-electron chi connectivity index (χ4n) is 13.7. The average Bonchev–Trinajstić information content (AvgIpc) is 1.16. The first kappa shape index (κ1) is 43.2. The second kappa shape index (κ2) is 18.7. The fraction of sp³-hybridized carbons (Fsp3) is 0.165. The van der Waals surface area contributed by atoms with Crippen LogP contribution in [0.25, 0.3) is 60.9 Å². The maximum absolute atomic E-state index is 9.66. The van der Waals surface area contributed by atoms with Crippen molar-refractivity contribution in [3.63, 3.8) is 0 Å². The van der Waals surface area contributed by atoms with Crippen molar-refractivity contribution in [2.24, 2.45) is 0 Å². The number of hydrogen-bond acceptors (Lipinski definition) is 2. The van der Waals surface area contributed by atoms with Gasteiger partial charge < -0.3 is 9.47 Å². The molecule has 0 fully saturated rings. The summed E-state index contributed by atoms with van der Waals surface area (Å²) in [5.41, 5.74) is 20.0. The molecular weight excluding hydrogens is 1020 g/mol. The molecular formula is C79H67BN2S. The van der Waals surface area contributed by atoms with Crippen molar-refractivity contribution in [3.8, 4) is 39.1 Å². The standard InChI is InChI=1S/C79H67BN2S/c1-76(2,3)55-27-21-25-51(43-55)53-37-40-66-64(45-53)79(62-31-15-19-35-73(62)83-74-36-20-16-32-63(74)79)65-46-54(52-26-22-28-56(44-52)77(4,5)6)47-72-75(65)80(66)67-41-39-58(81-68-33-17-13-29-59(68)60-30-14-18-34-69(60)81)49-71(67)82(72)70-42-38-57(78(7,8)9)48-61(70)50-23-11-10-12-24-50/h10-49H,1-9H3/i13D,14D,17D,18D,29D,30D,33D,34D. The largest absolute Gasteiger partial charge is 0.311 e. The lowest BCUT2D eigenvalue weighted by Crippen LogP contribution is -2.65. The number of rotatable bonds is 5. The molecule has 4 heterocycles. The van der Waals surface area contributed by atoms with Crippen LogP contribution in [0.1, 0.15) is 112 Å². The second-order valence-electron chi connectivity index (χ2n) is 25.9. The van der Waals surface area contributed by atoms with Crippen molar-refractivity contribution < 1.29 is 11.0 Å². The highest BCUT2D eigenvalue weighted by Gasteiger charge is 2.54. The molecule has 0 radical (unpaired) electrons. The Morgan fingerprint density at radius 1 is 0.398 bits per heavy atom. The molecule has 0 aliphatic carbocycles. The van der Waals surface area contributed by atoms with Crippen LogP contribution >= 0.6 is 11.8 Å². The van der Waals surface area contributed by atoms with Crippen molar-refractivity contribution in [1.29, 1.82) is 0 Å². The lowest BCUT2D eigenvalue weighted by atomic mass is 9.29. The first-order chi connectivity index (χ1) is 43.4. The molecule has 12 aromatic rings. The zero-order chi connectivity index (χ0) is 63.7. The number of nitrogens with zero attached hydrogens (tertiary/aromatic N) is 2. The van der Waals surface area contributed by atoms with Gasteiger partial charge in [0.2, 0.25) is 6.71 Å². The first-order valence-electron chi connectivity index (χ1n) is 32.9. The highest BCUT2D eigenvalue weighted by atomic mass is 32.2. The summed E-state index contributed by atoms with van der Waals surface area (Å²) in [6, 6.07) is 68.3. The van der Waals surface area contributed by atoms with E-state index in [0.29, 0.717) is 5.69 Å². The van der Waals surface area contributed by atoms with Gasteiger partial charge in [-0.2, -0.15) is 0 Å². The molecule has 402 valence electrons. The molecule has 0 saturated carbocycles. The Morgan fingerprint density at radius 3 is 1.55 bits per heavy atom. The maximum atomic E-state index is 9.66. The lowest BCUT2D eigenvalue weighted by Gasteiger charge is -2.51. The van der Waals surface area contributed by atoms with E-state index in [2.05, 4.69) is 249 Å². The van der Waals surface area contributed by atoms with Crippen molar-refractivity contribution in [2.75, 3.05) is 4.90 Å². The molecule has 0 amide bonds. The maximum Gasteiger partial charge on any atom is 0.247 e. The predicted molar refractivity (Wildman–Crippen MR) is 355 cm³/mol. The van der Waals surface area contributed by atoms with Crippen molar-refractivity contribution >= 4 is 73.7 Å². The molecule has 1 spiro atoms. The molecule has 11 aromatic carbocycles. The second-order valence-corrected chi connectivity index (χ2v) is 27.0. The Bertz CT molecular complexity index is 4980. The van der Waals surface area contributed by atoms with Gasteiger partial charge in [-0.05, 0) is 155 Å². The summed E-state index contributed by atoms with van der Waals surface area (Å²) in [4.78, 5) is 4.80. The van der Waals surface area contributed by atoms with E-state index in [1.54, 1.807) is 4.57 Å². The Kier molecular flexibility index (Phi) is 9.74. The van der Waals surface area contributed by atoms with E-state index in [1.807, 2.05) is 23.9 Å². The van der Waals surface area contributed by atoms with Crippen molar-refractivity contribution in [3.05, 3.63) is 281 Å². The van der Waals surface area contributed by atoms with E-state index in [0.717, 1.165) is 72.4 Å². The number of benzene rings is 11. The monoisotopic (exact) mass is 1090 g/mol. The molecule has 0 unspecified atom stereocenters. The van der Waals surface area contributed by atoms with Crippen LogP contribution < -0.4 is 21.3 Å². The minimum atomic E-state index is -0.875. The van der Waals surface area contributed by atoms with Gasteiger partial charge in [-0.15, -0.1) is 0 Å². The van der Waals surface area contributed by atoms with Crippen LogP contribution in [-0.2, 0) is 21.7 Å². The van der Waals surface area contributed by atoms with Gasteiger partial charge in [-0.1, -0.05) is 261 Å². The summed E-state index contributed by atoms with van der Waals surface area (Å²) in [5.74, 6) is 0. The minimum Gasteiger partial charge on any atom is -0.311 e. The highest BCUT2D eigenvalue weighted by molar-refractivity contribution is 7.99. The lowest BCUT2D eigenvalue weighted by molar-refractivity contribution is 0.590. The summed E-state index contributed by atoms with van der Waals surface area (Å²) in [5, 5.41) is 0.0655. The van der Waals surface area contributed by atoms with Crippen molar-refractivity contribution in [2.45, 2.75) is 93.8 Å². The highest BCUT2D eigenvalue weighted by Crippen LogP contribution is 2.59. The number of fused-ring (bicyclic) bond motifs is 13. The van der Waals surface area contributed by atoms with Gasteiger partial charge in [0.1, 0.15) is 0 Å². The molecule has 3 aliphatic rings. The molecule has 0 bridgehead atoms. The van der Waals surface area contributed by atoms with Gasteiger partial charge in [0, 0.05) is 43.2 Å². The molecule has 3 aliphatic heterocycles. The van der Waals surface area contributed by atoms with E-state index in [9.17, 15) is 5.48 Å².